The first-order valence-corrected chi connectivity index (χ1v) is 9.81. The Morgan fingerprint density at radius 1 is 1.53 bits per heavy atom. The van der Waals surface area contributed by atoms with E-state index >= 15 is 0 Å². The Labute approximate surface area is 178 Å². The van der Waals surface area contributed by atoms with E-state index in [4.69, 9.17) is 17.3 Å². The number of nitriles is 1. The summed E-state index contributed by atoms with van der Waals surface area (Å²) in [7, 11) is 0. The van der Waals surface area contributed by atoms with Gasteiger partial charge in [0.15, 0.2) is 0 Å². The second-order valence-electron chi connectivity index (χ2n) is 7.53. The molecule has 1 unspecified atom stereocenters. The maximum atomic E-state index is 12.8. The maximum absolute atomic E-state index is 12.8. The van der Waals surface area contributed by atoms with Crippen molar-refractivity contribution in [1.82, 2.24) is 14.9 Å². The predicted octanol–water partition coefficient (Wildman–Crippen LogP) is 3.14. The van der Waals surface area contributed by atoms with Crippen molar-refractivity contribution in [2.24, 2.45) is 16.3 Å². The fourth-order valence-electron chi connectivity index (χ4n) is 3.98. The summed E-state index contributed by atoms with van der Waals surface area (Å²) in [4.78, 5) is 27.4. The third kappa shape index (κ3) is 3.37. The number of aliphatic imine (C=N–C) groups is 1. The molecule has 1 amide bonds. The zero-order valence-electron chi connectivity index (χ0n) is 16.4. The molecule has 2 aliphatic rings. The van der Waals surface area contributed by atoms with E-state index in [1.54, 1.807) is 31.5 Å². The fourth-order valence-corrected chi connectivity index (χ4v) is 4.19. The first kappa shape index (κ1) is 19.9. The average molecular weight is 422 g/mol. The molecule has 1 aliphatic heterocycles. The lowest BCUT2D eigenvalue weighted by molar-refractivity contribution is -0.119. The van der Waals surface area contributed by atoms with Crippen LogP contribution in [0, 0.1) is 22.7 Å². The van der Waals surface area contributed by atoms with Gasteiger partial charge in [0.05, 0.1) is 5.57 Å². The van der Waals surface area contributed by atoms with Crippen LogP contribution in [0.15, 0.2) is 47.4 Å². The molecule has 1 saturated heterocycles. The molecule has 1 spiro atoms. The number of carbonyl (C=O) groups is 1. The van der Waals surface area contributed by atoms with Gasteiger partial charge in [-0.1, -0.05) is 18.2 Å². The van der Waals surface area contributed by atoms with E-state index in [1.807, 2.05) is 4.90 Å². The van der Waals surface area contributed by atoms with E-state index in [9.17, 15) is 10.1 Å². The van der Waals surface area contributed by atoms with Gasteiger partial charge < -0.3 is 16.0 Å². The van der Waals surface area contributed by atoms with E-state index in [2.05, 4.69) is 32.9 Å². The lowest BCUT2D eigenvalue weighted by Gasteiger charge is -2.42. The molecule has 4 rings (SSSR count). The second-order valence-corrected chi connectivity index (χ2v) is 7.91. The summed E-state index contributed by atoms with van der Waals surface area (Å²) in [6, 6.07) is 5.54. The van der Waals surface area contributed by atoms with E-state index in [-0.39, 0.29) is 22.4 Å². The fraction of sp³-hybridized carbons (Fsp3) is 0.286. The average Bonchev–Trinajstić information content (AvgIpc) is 3.43. The minimum Gasteiger partial charge on any atom is -0.383 e. The van der Waals surface area contributed by atoms with Crippen LogP contribution in [0.2, 0.25) is 5.15 Å². The summed E-state index contributed by atoms with van der Waals surface area (Å²) in [5, 5.41) is 13.9. The number of anilines is 2. The first-order chi connectivity index (χ1) is 14.4. The molecule has 0 radical (unpaired) electrons. The highest BCUT2D eigenvalue weighted by molar-refractivity contribution is 6.30. The standard InChI is InChI=1S/C21H20ClN7O/c1-3-12(8-23)19(25-4-2)29-10-21(11-29)7-15(21)20(30)28-17-6-13-5-16(22)27-18(24)14(13)9-26-17/h3-6,9,15H,1,7,10-11H2,2H3,(H2,24,27)(H,26,28,30)/b19-12-,25-4?. The number of nitrogens with one attached hydrogen (secondary N) is 1. The van der Waals surface area contributed by atoms with Crippen LogP contribution in [-0.4, -0.2) is 40.1 Å². The molecule has 1 atom stereocenters. The maximum Gasteiger partial charge on any atom is 0.229 e. The van der Waals surface area contributed by atoms with E-state index in [0.29, 0.717) is 41.5 Å². The topological polar surface area (TPSA) is 120 Å². The molecule has 1 saturated carbocycles. The van der Waals surface area contributed by atoms with Crippen LogP contribution < -0.4 is 11.1 Å². The van der Waals surface area contributed by atoms with Crippen LogP contribution in [-0.2, 0) is 4.79 Å². The highest BCUT2D eigenvalue weighted by Gasteiger charge is 2.65. The zero-order valence-corrected chi connectivity index (χ0v) is 17.1. The molecule has 8 nitrogen and oxygen atoms in total. The Morgan fingerprint density at radius 3 is 2.97 bits per heavy atom. The molecule has 1 aliphatic carbocycles. The van der Waals surface area contributed by atoms with Gasteiger partial charge in [0.2, 0.25) is 5.91 Å². The van der Waals surface area contributed by atoms with Crippen LogP contribution in [0.4, 0.5) is 11.6 Å². The molecule has 3 N–H and O–H groups in total. The van der Waals surface area contributed by atoms with Crippen molar-refractivity contribution >= 4 is 46.1 Å². The van der Waals surface area contributed by atoms with Gasteiger partial charge in [0.25, 0.3) is 0 Å². The lowest BCUT2D eigenvalue weighted by Crippen LogP contribution is -2.49. The van der Waals surface area contributed by atoms with Gasteiger partial charge in [-0.2, -0.15) is 5.26 Å². The quantitative estimate of drug-likeness (QED) is 0.331. The van der Waals surface area contributed by atoms with Gasteiger partial charge in [-0.05, 0) is 36.9 Å². The van der Waals surface area contributed by atoms with Crippen molar-refractivity contribution in [3.63, 3.8) is 0 Å². The van der Waals surface area contributed by atoms with Crippen LogP contribution in [0.3, 0.4) is 0 Å². The minimum absolute atomic E-state index is 0.0663. The third-order valence-corrected chi connectivity index (χ3v) is 5.79. The van der Waals surface area contributed by atoms with Gasteiger partial charge in [-0.25, -0.2) is 15.0 Å². The van der Waals surface area contributed by atoms with Crippen LogP contribution in [0.25, 0.3) is 10.8 Å². The van der Waals surface area contributed by atoms with Crippen molar-refractivity contribution in [3.8, 4) is 6.07 Å². The number of halogens is 1. The Balaban J connectivity index is 1.44. The van der Waals surface area contributed by atoms with Gasteiger partial charge >= 0.3 is 0 Å². The zero-order chi connectivity index (χ0) is 21.5. The molecular weight excluding hydrogens is 402 g/mol. The molecule has 152 valence electrons. The molecule has 0 aromatic carbocycles. The van der Waals surface area contributed by atoms with Gasteiger partial charge in [-0.15, -0.1) is 0 Å². The predicted molar refractivity (Wildman–Crippen MR) is 117 cm³/mol. The number of aromatic nitrogens is 2. The first-order valence-electron chi connectivity index (χ1n) is 9.44. The number of fused-ring (bicyclic) bond motifs is 1. The molecule has 2 fully saturated rings. The lowest BCUT2D eigenvalue weighted by atomic mass is 9.92. The highest BCUT2D eigenvalue weighted by atomic mass is 35.5. The summed E-state index contributed by atoms with van der Waals surface area (Å²) < 4.78 is 0. The molecule has 30 heavy (non-hydrogen) atoms. The van der Waals surface area contributed by atoms with Crippen molar-refractivity contribution in [1.29, 1.82) is 5.26 Å². The van der Waals surface area contributed by atoms with Gasteiger partial charge in [0, 0.05) is 42.2 Å². The van der Waals surface area contributed by atoms with Crippen LogP contribution in [0.1, 0.15) is 13.3 Å². The minimum atomic E-state index is -0.0986. The SMILES string of the molecule is C=C/C(C#N)=C(\N=CC)N1CC2(CC2C(=O)Nc2cc3cc(Cl)nc(N)c3cn2)C1. The van der Waals surface area contributed by atoms with E-state index < -0.39 is 0 Å². The number of carbonyl (C=O) groups excluding carboxylic acids is 1. The molecule has 3 heterocycles. The Morgan fingerprint density at radius 2 is 2.30 bits per heavy atom. The largest absolute Gasteiger partial charge is 0.383 e. The number of nitrogens with two attached hydrogens (primary N) is 1. The van der Waals surface area contributed by atoms with E-state index in [0.717, 1.165) is 11.8 Å². The Kier molecular flexibility index (Phi) is 4.92. The van der Waals surface area contributed by atoms with Crippen LogP contribution in [0.5, 0.6) is 0 Å². The summed E-state index contributed by atoms with van der Waals surface area (Å²) in [5.41, 5.74) is 6.21. The molecule has 9 heteroatoms. The van der Waals surface area contributed by atoms with Crippen molar-refractivity contribution in [2.75, 3.05) is 24.1 Å². The van der Waals surface area contributed by atoms with Gasteiger partial charge in [-0.3, -0.25) is 4.79 Å². The number of rotatable bonds is 5. The Bertz CT molecular complexity index is 1160. The monoisotopic (exact) mass is 421 g/mol. The normalized spacial score (nSPS) is 19.9. The van der Waals surface area contributed by atoms with Crippen LogP contribution >= 0.6 is 11.6 Å². The smallest absolute Gasteiger partial charge is 0.229 e. The number of pyridine rings is 2. The number of amides is 1. The number of allylic oxidation sites excluding steroid dienone is 2. The van der Waals surface area contributed by atoms with E-state index in [1.165, 1.54) is 6.08 Å². The Hall–Kier alpha value is -3.44. The number of likely N-dealkylation sites (tertiary alicyclic amines) is 1. The molecule has 2 aromatic heterocycles. The summed E-state index contributed by atoms with van der Waals surface area (Å²) in [5.74, 6) is 1.18. The number of hydrogen-bond donors (Lipinski definition) is 2. The summed E-state index contributed by atoms with van der Waals surface area (Å²) in [6.07, 6.45) is 5.53. The van der Waals surface area contributed by atoms with Crippen molar-refractivity contribution in [3.05, 3.63) is 47.5 Å². The molecular formula is C21H20ClN7O. The number of nitrogens with zero attached hydrogens (tertiary/aromatic N) is 5. The van der Waals surface area contributed by atoms with Gasteiger partial charge in [0.1, 0.15) is 28.7 Å². The summed E-state index contributed by atoms with van der Waals surface area (Å²) >= 11 is 5.97. The number of nitrogen functional groups attached to an aromatic ring is 1. The molecule has 0 bridgehead atoms. The number of hydrogen-bond acceptors (Lipinski definition) is 7. The third-order valence-electron chi connectivity index (χ3n) is 5.60. The van der Waals surface area contributed by atoms with Crippen molar-refractivity contribution in [2.45, 2.75) is 13.3 Å². The second kappa shape index (κ2) is 7.43. The van der Waals surface area contributed by atoms with Crippen molar-refractivity contribution < 1.29 is 4.79 Å². The highest BCUT2D eigenvalue weighted by Crippen LogP contribution is 2.60. The molecule has 2 aromatic rings. The summed E-state index contributed by atoms with van der Waals surface area (Å²) in [6.45, 7) is 6.84.